The molecular formula is C23H28N4O6. The SMILES string of the molecule is CCCn1c(=O)c2c(C(=O)Nc3cc(OC)ccc3OC)cc(=O)n(CCC)c2n(C)c1=O. The highest BCUT2D eigenvalue weighted by atomic mass is 16.5. The lowest BCUT2D eigenvalue weighted by Gasteiger charge is -2.17. The van der Waals surface area contributed by atoms with Crippen LogP contribution in [0, 0.1) is 0 Å². The Morgan fingerprint density at radius 1 is 0.970 bits per heavy atom. The number of hydrogen-bond donors (Lipinski definition) is 1. The average molecular weight is 456 g/mol. The van der Waals surface area contributed by atoms with Gasteiger partial charge in [0.05, 0.1) is 30.9 Å². The van der Waals surface area contributed by atoms with Crippen LogP contribution in [0.5, 0.6) is 11.5 Å². The number of aryl methyl sites for hydroxylation is 2. The van der Waals surface area contributed by atoms with Gasteiger partial charge in [-0.3, -0.25) is 28.1 Å². The van der Waals surface area contributed by atoms with Gasteiger partial charge in [0.15, 0.2) is 0 Å². The lowest BCUT2D eigenvalue weighted by Crippen LogP contribution is -2.42. The maximum absolute atomic E-state index is 13.4. The highest BCUT2D eigenvalue weighted by Crippen LogP contribution is 2.29. The Morgan fingerprint density at radius 3 is 2.24 bits per heavy atom. The van der Waals surface area contributed by atoms with Crippen molar-refractivity contribution in [1.82, 2.24) is 13.7 Å². The van der Waals surface area contributed by atoms with Gasteiger partial charge in [0, 0.05) is 32.3 Å². The van der Waals surface area contributed by atoms with Gasteiger partial charge in [-0.15, -0.1) is 0 Å². The van der Waals surface area contributed by atoms with E-state index < -0.39 is 22.7 Å². The van der Waals surface area contributed by atoms with E-state index in [1.165, 1.54) is 30.4 Å². The molecule has 0 radical (unpaired) electrons. The lowest BCUT2D eigenvalue weighted by molar-refractivity contribution is 0.102. The van der Waals surface area contributed by atoms with Gasteiger partial charge in [-0.25, -0.2) is 4.79 Å². The maximum atomic E-state index is 13.4. The van der Waals surface area contributed by atoms with E-state index in [-0.39, 0.29) is 23.1 Å². The van der Waals surface area contributed by atoms with Crippen LogP contribution in [-0.4, -0.2) is 33.8 Å². The number of pyridine rings is 1. The number of benzene rings is 1. The number of aromatic nitrogens is 3. The van der Waals surface area contributed by atoms with E-state index in [1.807, 2.05) is 13.8 Å². The summed E-state index contributed by atoms with van der Waals surface area (Å²) < 4.78 is 14.2. The predicted octanol–water partition coefficient (Wildman–Crippen LogP) is 1.95. The first kappa shape index (κ1) is 23.8. The van der Waals surface area contributed by atoms with Crippen LogP contribution in [0.4, 0.5) is 5.69 Å². The number of rotatable bonds is 8. The largest absolute Gasteiger partial charge is 0.497 e. The minimum absolute atomic E-state index is 0.0120. The molecule has 0 aliphatic carbocycles. The van der Waals surface area contributed by atoms with Gasteiger partial charge in [-0.1, -0.05) is 13.8 Å². The number of ether oxygens (including phenoxy) is 2. The maximum Gasteiger partial charge on any atom is 0.332 e. The van der Waals surface area contributed by atoms with E-state index in [0.717, 1.165) is 10.6 Å². The first-order chi connectivity index (χ1) is 15.8. The summed E-state index contributed by atoms with van der Waals surface area (Å²) in [6.45, 7) is 4.21. The smallest absolute Gasteiger partial charge is 0.332 e. The van der Waals surface area contributed by atoms with Crippen LogP contribution in [0.15, 0.2) is 38.6 Å². The summed E-state index contributed by atoms with van der Waals surface area (Å²) in [4.78, 5) is 52.5. The summed E-state index contributed by atoms with van der Waals surface area (Å²) in [5.74, 6) is 0.191. The van der Waals surface area contributed by atoms with Crippen LogP contribution in [-0.2, 0) is 20.1 Å². The molecule has 0 aliphatic rings. The van der Waals surface area contributed by atoms with Gasteiger partial charge in [-0.2, -0.15) is 0 Å². The second kappa shape index (κ2) is 9.76. The zero-order valence-electron chi connectivity index (χ0n) is 19.4. The Balaban J connectivity index is 2.33. The molecule has 0 aliphatic heterocycles. The molecule has 0 atom stereocenters. The number of carbonyl (C=O) groups is 1. The molecule has 0 saturated carbocycles. The molecule has 176 valence electrons. The third kappa shape index (κ3) is 4.28. The quantitative estimate of drug-likeness (QED) is 0.554. The third-order valence-corrected chi connectivity index (χ3v) is 5.37. The Morgan fingerprint density at radius 2 is 1.64 bits per heavy atom. The number of nitrogens with zero attached hydrogens (tertiary/aromatic N) is 3. The fourth-order valence-electron chi connectivity index (χ4n) is 3.83. The predicted molar refractivity (Wildman–Crippen MR) is 126 cm³/mol. The van der Waals surface area contributed by atoms with Crippen LogP contribution in [0.25, 0.3) is 11.0 Å². The Labute approximate surface area is 190 Å². The van der Waals surface area contributed by atoms with Gasteiger partial charge in [0.1, 0.15) is 17.1 Å². The summed E-state index contributed by atoms with van der Waals surface area (Å²) in [5, 5.41) is 2.72. The second-order valence-electron chi connectivity index (χ2n) is 7.57. The zero-order valence-corrected chi connectivity index (χ0v) is 19.4. The molecule has 0 bridgehead atoms. The molecule has 2 heterocycles. The minimum Gasteiger partial charge on any atom is -0.497 e. The monoisotopic (exact) mass is 456 g/mol. The molecule has 1 aromatic carbocycles. The van der Waals surface area contributed by atoms with Crippen molar-refractivity contribution < 1.29 is 14.3 Å². The highest BCUT2D eigenvalue weighted by Gasteiger charge is 2.23. The number of carbonyl (C=O) groups excluding carboxylic acids is 1. The molecule has 3 aromatic rings. The van der Waals surface area contributed by atoms with Crippen LogP contribution in [0.2, 0.25) is 0 Å². The van der Waals surface area contributed by atoms with Crippen LogP contribution in [0.3, 0.4) is 0 Å². The Hall–Kier alpha value is -3.82. The Kier molecular flexibility index (Phi) is 7.05. The lowest BCUT2D eigenvalue weighted by atomic mass is 10.1. The number of amides is 1. The van der Waals surface area contributed by atoms with Crippen molar-refractivity contribution in [3.05, 3.63) is 61.0 Å². The van der Waals surface area contributed by atoms with Crippen molar-refractivity contribution in [2.45, 2.75) is 39.8 Å². The third-order valence-electron chi connectivity index (χ3n) is 5.37. The van der Waals surface area contributed by atoms with Crippen molar-refractivity contribution in [2.24, 2.45) is 7.05 Å². The molecule has 3 rings (SSSR count). The van der Waals surface area contributed by atoms with Crippen molar-refractivity contribution in [1.29, 1.82) is 0 Å². The molecule has 0 fully saturated rings. The van der Waals surface area contributed by atoms with Crippen LogP contribution < -0.4 is 31.6 Å². The summed E-state index contributed by atoms with van der Waals surface area (Å²) in [7, 11) is 4.44. The van der Waals surface area contributed by atoms with Crippen LogP contribution in [0.1, 0.15) is 37.0 Å². The first-order valence-electron chi connectivity index (χ1n) is 10.7. The van der Waals surface area contributed by atoms with Gasteiger partial charge >= 0.3 is 5.69 Å². The second-order valence-corrected chi connectivity index (χ2v) is 7.57. The fourth-order valence-corrected chi connectivity index (χ4v) is 3.83. The van der Waals surface area contributed by atoms with E-state index in [0.29, 0.717) is 36.6 Å². The van der Waals surface area contributed by atoms with Crippen molar-refractivity contribution in [3.63, 3.8) is 0 Å². The highest BCUT2D eigenvalue weighted by molar-refractivity contribution is 6.12. The molecule has 10 nitrogen and oxygen atoms in total. The van der Waals surface area contributed by atoms with E-state index in [4.69, 9.17) is 9.47 Å². The normalized spacial score (nSPS) is 10.9. The molecule has 10 heteroatoms. The molecule has 0 unspecified atom stereocenters. The molecular weight excluding hydrogens is 428 g/mol. The molecule has 2 aromatic heterocycles. The standard InChI is InChI=1S/C23H28N4O6/c1-6-10-26-18(28)13-15(19-21(26)25(3)23(31)27(11-7-2)22(19)30)20(29)24-16-12-14(32-4)8-9-17(16)33-5/h8-9,12-13H,6-7,10-11H2,1-5H3,(H,24,29). The van der Waals surface area contributed by atoms with Crippen molar-refractivity contribution >= 4 is 22.6 Å². The van der Waals surface area contributed by atoms with Crippen LogP contribution >= 0.6 is 0 Å². The zero-order chi connectivity index (χ0) is 24.3. The van der Waals surface area contributed by atoms with Crippen molar-refractivity contribution in [2.75, 3.05) is 19.5 Å². The van der Waals surface area contributed by atoms with E-state index in [1.54, 1.807) is 18.2 Å². The van der Waals surface area contributed by atoms with Crippen molar-refractivity contribution in [3.8, 4) is 11.5 Å². The molecule has 0 saturated heterocycles. The molecule has 1 N–H and O–H groups in total. The molecule has 0 spiro atoms. The van der Waals surface area contributed by atoms with E-state index >= 15 is 0 Å². The van der Waals surface area contributed by atoms with Gasteiger partial charge in [0.25, 0.3) is 17.0 Å². The minimum atomic E-state index is -0.675. The summed E-state index contributed by atoms with van der Waals surface area (Å²) in [6, 6.07) is 6.02. The number of nitrogens with one attached hydrogen (secondary N) is 1. The Bertz CT molecular complexity index is 1380. The van der Waals surface area contributed by atoms with Gasteiger partial charge in [-0.05, 0) is 25.0 Å². The van der Waals surface area contributed by atoms with E-state index in [9.17, 15) is 19.2 Å². The fraction of sp³-hybridized carbons (Fsp3) is 0.391. The number of methoxy groups -OCH3 is 2. The summed E-state index contributed by atoms with van der Waals surface area (Å²) in [6.07, 6.45) is 1.16. The topological polar surface area (TPSA) is 114 Å². The average Bonchev–Trinajstić information content (AvgIpc) is 2.81. The summed E-state index contributed by atoms with van der Waals surface area (Å²) in [5.41, 5.74) is -1.30. The summed E-state index contributed by atoms with van der Waals surface area (Å²) >= 11 is 0. The number of fused-ring (bicyclic) bond motifs is 1. The first-order valence-corrected chi connectivity index (χ1v) is 10.7. The van der Waals surface area contributed by atoms with Gasteiger partial charge in [0.2, 0.25) is 0 Å². The molecule has 1 amide bonds. The number of anilines is 1. The number of hydrogen-bond acceptors (Lipinski definition) is 6. The van der Waals surface area contributed by atoms with E-state index in [2.05, 4.69) is 5.32 Å². The van der Waals surface area contributed by atoms with Gasteiger partial charge < -0.3 is 14.8 Å². The molecule has 33 heavy (non-hydrogen) atoms.